The summed E-state index contributed by atoms with van der Waals surface area (Å²) in [5.41, 5.74) is 1.01. The zero-order chi connectivity index (χ0) is 13.1. The Morgan fingerprint density at radius 3 is 3.00 bits per heavy atom. The summed E-state index contributed by atoms with van der Waals surface area (Å²) in [4.78, 5) is 11.5. The Labute approximate surface area is 124 Å². The van der Waals surface area contributed by atoms with Crippen molar-refractivity contribution in [3.63, 3.8) is 0 Å². The van der Waals surface area contributed by atoms with Gasteiger partial charge in [-0.25, -0.2) is 0 Å². The van der Waals surface area contributed by atoms with Gasteiger partial charge in [-0.05, 0) is 17.7 Å². The molecule has 1 N–H and O–H groups in total. The van der Waals surface area contributed by atoms with Crippen LogP contribution in [0, 0.1) is 0 Å². The maximum Gasteiger partial charge on any atom is 0.323 e. The molecule has 98 valence electrons. The first-order valence-electron chi connectivity index (χ1n) is 5.48. The molecule has 1 fully saturated rings. The van der Waals surface area contributed by atoms with Gasteiger partial charge in [-0.1, -0.05) is 33.6 Å². The van der Waals surface area contributed by atoms with Crippen molar-refractivity contribution >= 4 is 45.3 Å². The first-order chi connectivity index (χ1) is 8.61. The summed E-state index contributed by atoms with van der Waals surface area (Å²) in [6, 6.07) is 5.61. The van der Waals surface area contributed by atoms with Crippen LogP contribution in [0.1, 0.15) is 11.6 Å². The van der Waals surface area contributed by atoms with Gasteiger partial charge in [0.2, 0.25) is 0 Å². The summed E-state index contributed by atoms with van der Waals surface area (Å²) in [5, 5.41) is 3.99. The molecule has 1 heterocycles. The van der Waals surface area contributed by atoms with Crippen LogP contribution in [0.5, 0.6) is 0 Å². The largest absolute Gasteiger partial charge is 0.468 e. The van der Waals surface area contributed by atoms with Crippen LogP contribution in [0.25, 0.3) is 0 Å². The Morgan fingerprint density at radius 2 is 2.33 bits per heavy atom. The van der Waals surface area contributed by atoms with Gasteiger partial charge < -0.3 is 4.74 Å². The van der Waals surface area contributed by atoms with Gasteiger partial charge in [0.05, 0.1) is 7.11 Å². The van der Waals surface area contributed by atoms with Crippen LogP contribution in [-0.4, -0.2) is 30.6 Å². The van der Waals surface area contributed by atoms with Gasteiger partial charge in [0.1, 0.15) is 6.04 Å². The third-order valence-electron chi connectivity index (χ3n) is 2.80. The smallest absolute Gasteiger partial charge is 0.323 e. The van der Waals surface area contributed by atoms with Crippen molar-refractivity contribution in [3.8, 4) is 0 Å². The Bertz CT molecular complexity index is 458. The van der Waals surface area contributed by atoms with Crippen LogP contribution >= 0.6 is 39.3 Å². The van der Waals surface area contributed by atoms with Crippen LogP contribution in [0.4, 0.5) is 0 Å². The van der Waals surface area contributed by atoms with E-state index >= 15 is 0 Å². The Morgan fingerprint density at radius 1 is 1.56 bits per heavy atom. The Hall–Kier alpha value is -0.230. The molecule has 0 spiro atoms. The molecule has 1 aliphatic heterocycles. The number of halogens is 2. The number of thioether (sulfide) groups is 1. The number of hydrogen-bond acceptors (Lipinski definition) is 4. The molecule has 0 saturated carbocycles. The van der Waals surface area contributed by atoms with Crippen molar-refractivity contribution < 1.29 is 9.53 Å². The first-order valence-corrected chi connectivity index (χ1v) is 7.81. The summed E-state index contributed by atoms with van der Waals surface area (Å²) in [5.74, 6) is 1.41. The molecule has 18 heavy (non-hydrogen) atoms. The van der Waals surface area contributed by atoms with E-state index in [0.29, 0.717) is 5.02 Å². The molecule has 2 unspecified atom stereocenters. The zero-order valence-corrected chi connectivity index (χ0v) is 12.9. The number of methoxy groups -OCH3 is 1. The maximum absolute atomic E-state index is 11.5. The number of hydrogen-bond donors (Lipinski definition) is 1. The average molecular weight is 351 g/mol. The van der Waals surface area contributed by atoms with Crippen molar-refractivity contribution in [2.45, 2.75) is 12.1 Å². The van der Waals surface area contributed by atoms with Gasteiger partial charge in [0.15, 0.2) is 0 Å². The maximum atomic E-state index is 11.5. The topological polar surface area (TPSA) is 38.3 Å². The lowest BCUT2D eigenvalue weighted by Crippen LogP contribution is -2.45. The number of benzene rings is 1. The van der Waals surface area contributed by atoms with Gasteiger partial charge in [-0.3, -0.25) is 10.1 Å². The average Bonchev–Trinajstić information content (AvgIpc) is 2.38. The summed E-state index contributed by atoms with van der Waals surface area (Å²) < 4.78 is 5.72. The van der Waals surface area contributed by atoms with Crippen LogP contribution < -0.4 is 5.32 Å². The van der Waals surface area contributed by atoms with Gasteiger partial charge in [-0.2, -0.15) is 11.8 Å². The second-order valence-corrected chi connectivity index (χ2v) is 6.40. The van der Waals surface area contributed by atoms with Gasteiger partial charge in [0, 0.05) is 27.0 Å². The molecule has 1 aliphatic rings. The number of nitrogens with one attached hydrogen (secondary N) is 1. The minimum Gasteiger partial charge on any atom is -0.468 e. The zero-order valence-electron chi connectivity index (χ0n) is 9.78. The van der Waals surface area contributed by atoms with Gasteiger partial charge in [-0.15, -0.1) is 0 Å². The molecule has 0 aromatic heterocycles. The molecule has 1 saturated heterocycles. The van der Waals surface area contributed by atoms with Crippen molar-refractivity contribution in [1.82, 2.24) is 5.32 Å². The van der Waals surface area contributed by atoms with E-state index in [4.69, 9.17) is 16.3 Å². The highest BCUT2D eigenvalue weighted by Crippen LogP contribution is 2.31. The second kappa shape index (κ2) is 6.28. The van der Waals surface area contributed by atoms with E-state index in [1.807, 2.05) is 18.2 Å². The fraction of sp³-hybridized carbons (Fsp3) is 0.417. The van der Waals surface area contributed by atoms with E-state index in [0.717, 1.165) is 21.5 Å². The molecule has 0 radical (unpaired) electrons. The summed E-state index contributed by atoms with van der Waals surface area (Å²) in [7, 11) is 1.41. The van der Waals surface area contributed by atoms with Crippen molar-refractivity contribution in [2.75, 3.05) is 18.6 Å². The second-order valence-electron chi connectivity index (χ2n) is 4.00. The summed E-state index contributed by atoms with van der Waals surface area (Å²) in [6.45, 7) is 0. The van der Waals surface area contributed by atoms with E-state index in [1.165, 1.54) is 7.11 Å². The summed E-state index contributed by atoms with van der Waals surface area (Å²) in [6.07, 6.45) is 0. The molecular weight excluding hydrogens is 338 g/mol. The number of rotatable bonds is 2. The van der Waals surface area contributed by atoms with E-state index in [9.17, 15) is 4.79 Å². The van der Waals surface area contributed by atoms with Crippen LogP contribution in [-0.2, 0) is 9.53 Å². The molecule has 6 heteroatoms. The van der Waals surface area contributed by atoms with Crippen molar-refractivity contribution in [1.29, 1.82) is 0 Å². The predicted octanol–water partition coefficient (Wildman–Crippen LogP) is 3.02. The molecule has 0 amide bonds. The minimum absolute atomic E-state index is 0.0773. The Kier molecular flexibility index (Phi) is 4.95. The molecule has 2 atom stereocenters. The normalized spacial score (nSPS) is 23.7. The number of ether oxygens (including phenoxy) is 1. The molecular formula is C12H13BrClNO2S. The third-order valence-corrected chi connectivity index (χ3v) is 4.75. The van der Waals surface area contributed by atoms with Crippen molar-refractivity contribution in [3.05, 3.63) is 33.3 Å². The van der Waals surface area contributed by atoms with Crippen LogP contribution in [0.2, 0.25) is 5.02 Å². The predicted molar refractivity (Wildman–Crippen MR) is 78.2 cm³/mol. The lowest BCUT2D eigenvalue weighted by Gasteiger charge is -2.29. The highest BCUT2D eigenvalue weighted by atomic mass is 79.9. The van der Waals surface area contributed by atoms with Crippen LogP contribution in [0.15, 0.2) is 22.7 Å². The fourth-order valence-electron chi connectivity index (χ4n) is 1.88. The van der Waals surface area contributed by atoms with E-state index in [-0.39, 0.29) is 18.1 Å². The third kappa shape index (κ3) is 3.20. The van der Waals surface area contributed by atoms with E-state index < -0.39 is 0 Å². The number of esters is 1. The minimum atomic E-state index is -0.265. The lowest BCUT2D eigenvalue weighted by molar-refractivity contribution is -0.142. The van der Waals surface area contributed by atoms with E-state index in [1.54, 1.807) is 11.8 Å². The Balaban J connectivity index is 2.15. The highest BCUT2D eigenvalue weighted by Gasteiger charge is 2.29. The number of carbonyl (C=O) groups excluding carboxylic acids is 1. The molecule has 1 aromatic carbocycles. The van der Waals surface area contributed by atoms with Crippen LogP contribution in [0.3, 0.4) is 0 Å². The fourth-order valence-corrected chi connectivity index (χ4v) is 3.81. The molecule has 0 aliphatic carbocycles. The van der Waals surface area contributed by atoms with Gasteiger partial charge in [0.25, 0.3) is 0 Å². The first kappa shape index (κ1) is 14.2. The highest BCUT2D eigenvalue weighted by molar-refractivity contribution is 9.10. The van der Waals surface area contributed by atoms with Gasteiger partial charge >= 0.3 is 5.97 Å². The number of carbonyl (C=O) groups is 1. The van der Waals surface area contributed by atoms with E-state index in [2.05, 4.69) is 21.2 Å². The molecule has 1 aromatic rings. The SMILES string of the molecule is COC(=O)C1CSCC(c2ccc(Br)cc2Cl)N1. The molecule has 2 rings (SSSR count). The lowest BCUT2D eigenvalue weighted by atomic mass is 10.1. The quantitative estimate of drug-likeness (QED) is 0.832. The monoisotopic (exact) mass is 349 g/mol. The standard InChI is InChI=1S/C12H13BrClNO2S/c1-17-12(16)11-6-18-5-10(15-11)8-3-2-7(13)4-9(8)14/h2-4,10-11,15H,5-6H2,1H3. The summed E-state index contributed by atoms with van der Waals surface area (Å²) >= 11 is 11.3. The van der Waals surface area contributed by atoms with Crippen molar-refractivity contribution in [2.24, 2.45) is 0 Å². The molecule has 3 nitrogen and oxygen atoms in total. The molecule has 0 bridgehead atoms.